The molecule has 8 heavy (non-hydrogen) atoms. The van der Waals surface area contributed by atoms with Gasteiger partial charge in [-0.3, -0.25) is 0 Å². The number of nitrogens with two attached hydrogens (primary N) is 1. The average molecular weight is 113 g/mol. The van der Waals surface area contributed by atoms with Gasteiger partial charge < -0.3 is 16.4 Å². The molecule has 3 nitrogen and oxygen atoms in total. The number of nitrogens with one attached hydrogen (secondary N) is 2. The smallest absolute Gasteiger partial charge is 0.0917 e. The molecule has 0 amide bonds. The molecule has 0 spiro atoms. The van der Waals surface area contributed by atoms with E-state index in [0.29, 0.717) is 0 Å². The van der Waals surface area contributed by atoms with E-state index in [-0.39, 0.29) is 6.17 Å². The Bertz CT molecular complexity index is 108. The van der Waals surface area contributed by atoms with Gasteiger partial charge in [0.15, 0.2) is 0 Å². The Kier molecular flexibility index (Phi) is 1.39. The third kappa shape index (κ3) is 1.13. The summed E-state index contributed by atoms with van der Waals surface area (Å²) in [5, 5.41) is 6.09. The predicted octanol–water partition coefficient (Wildman–Crippen LogP) is -0.675. The monoisotopic (exact) mass is 113 g/mol. The van der Waals surface area contributed by atoms with Crippen LogP contribution in [0.15, 0.2) is 11.9 Å². The van der Waals surface area contributed by atoms with Crippen molar-refractivity contribution in [1.82, 2.24) is 10.6 Å². The molecular formula is C5H11N3. The van der Waals surface area contributed by atoms with Gasteiger partial charge in [0, 0.05) is 18.4 Å². The van der Waals surface area contributed by atoms with Gasteiger partial charge in [0.25, 0.3) is 0 Å². The molecule has 0 aliphatic carbocycles. The van der Waals surface area contributed by atoms with Crippen molar-refractivity contribution in [2.75, 3.05) is 6.54 Å². The maximum absolute atomic E-state index is 5.51. The van der Waals surface area contributed by atoms with Crippen LogP contribution in [0, 0.1) is 0 Å². The zero-order valence-electron chi connectivity index (χ0n) is 4.94. The Balaban J connectivity index is 2.45. The van der Waals surface area contributed by atoms with Crippen molar-refractivity contribution in [3.63, 3.8) is 0 Å². The Labute approximate surface area is 48.9 Å². The Morgan fingerprint density at radius 3 is 3.00 bits per heavy atom. The van der Waals surface area contributed by atoms with Gasteiger partial charge in [-0.1, -0.05) is 0 Å². The molecule has 0 fully saturated rings. The summed E-state index contributed by atoms with van der Waals surface area (Å²) < 4.78 is 0. The van der Waals surface area contributed by atoms with Crippen molar-refractivity contribution in [1.29, 1.82) is 0 Å². The lowest BCUT2D eigenvalue weighted by Gasteiger charge is -2.20. The zero-order chi connectivity index (χ0) is 5.98. The lowest BCUT2D eigenvalue weighted by molar-refractivity contribution is 0.531. The molecule has 1 aliphatic rings. The number of hydrogen-bond acceptors (Lipinski definition) is 3. The van der Waals surface area contributed by atoms with Crippen LogP contribution < -0.4 is 16.4 Å². The van der Waals surface area contributed by atoms with Crippen LogP contribution in [-0.4, -0.2) is 12.7 Å². The van der Waals surface area contributed by atoms with E-state index in [2.05, 4.69) is 10.6 Å². The minimum absolute atomic E-state index is 0.0833. The lowest BCUT2D eigenvalue weighted by atomic mass is 10.4. The first-order valence-corrected chi connectivity index (χ1v) is 2.71. The topological polar surface area (TPSA) is 50.1 Å². The van der Waals surface area contributed by atoms with Gasteiger partial charge >= 0.3 is 0 Å². The van der Waals surface area contributed by atoms with Crippen LogP contribution in [0.4, 0.5) is 0 Å². The van der Waals surface area contributed by atoms with Crippen LogP contribution in [-0.2, 0) is 0 Å². The maximum atomic E-state index is 5.51. The molecular weight excluding hydrogens is 102 g/mol. The molecule has 46 valence electrons. The minimum atomic E-state index is 0.0833. The van der Waals surface area contributed by atoms with E-state index in [9.17, 15) is 0 Å². The van der Waals surface area contributed by atoms with E-state index in [0.717, 1.165) is 12.2 Å². The summed E-state index contributed by atoms with van der Waals surface area (Å²) in [6, 6.07) is 0. The SMILES string of the molecule is CC1=CNCC(N)N1. The minimum Gasteiger partial charge on any atom is -0.386 e. The number of allylic oxidation sites excluding steroid dienone is 1. The second kappa shape index (κ2) is 2.05. The summed E-state index contributed by atoms with van der Waals surface area (Å²) in [5.41, 5.74) is 6.61. The van der Waals surface area contributed by atoms with Crippen molar-refractivity contribution in [3.8, 4) is 0 Å². The lowest BCUT2D eigenvalue weighted by Crippen LogP contribution is -2.46. The highest BCUT2D eigenvalue weighted by atomic mass is 15.1. The van der Waals surface area contributed by atoms with Crippen molar-refractivity contribution < 1.29 is 0 Å². The largest absolute Gasteiger partial charge is 0.386 e. The van der Waals surface area contributed by atoms with Gasteiger partial charge in [0.1, 0.15) is 0 Å². The molecule has 0 bridgehead atoms. The summed E-state index contributed by atoms with van der Waals surface area (Å²) >= 11 is 0. The van der Waals surface area contributed by atoms with Crippen molar-refractivity contribution >= 4 is 0 Å². The Morgan fingerprint density at radius 1 is 1.88 bits per heavy atom. The van der Waals surface area contributed by atoms with E-state index in [1.54, 1.807) is 0 Å². The Hall–Kier alpha value is -0.700. The molecule has 4 N–H and O–H groups in total. The van der Waals surface area contributed by atoms with Crippen LogP contribution in [0.2, 0.25) is 0 Å². The summed E-state index contributed by atoms with van der Waals surface area (Å²) in [6.45, 7) is 2.80. The highest BCUT2D eigenvalue weighted by Gasteiger charge is 2.03. The number of hydrogen-bond donors (Lipinski definition) is 3. The van der Waals surface area contributed by atoms with Gasteiger partial charge in [0.2, 0.25) is 0 Å². The third-order valence-electron chi connectivity index (χ3n) is 1.07. The van der Waals surface area contributed by atoms with Crippen LogP contribution in [0.5, 0.6) is 0 Å². The Morgan fingerprint density at radius 2 is 2.62 bits per heavy atom. The molecule has 0 aromatic heterocycles. The zero-order valence-corrected chi connectivity index (χ0v) is 4.94. The van der Waals surface area contributed by atoms with E-state index in [4.69, 9.17) is 5.73 Å². The molecule has 0 aromatic carbocycles. The van der Waals surface area contributed by atoms with Crippen molar-refractivity contribution in [3.05, 3.63) is 11.9 Å². The van der Waals surface area contributed by atoms with Crippen molar-refractivity contribution in [2.24, 2.45) is 5.73 Å². The first-order valence-electron chi connectivity index (χ1n) is 2.71. The molecule has 1 rings (SSSR count). The van der Waals surface area contributed by atoms with Crippen LogP contribution in [0.3, 0.4) is 0 Å². The summed E-state index contributed by atoms with van der Waals surface area (Å²) in [6.07, 6.45) is 2.00. The number of rotatable bonds is 0. The molecule has 1 heterocycles. The van der Waals surface area contributed by atoms with Gasteiger partial charge in [0.05, 0.1) is 6.17 Å². The highest BCUT2D eigenvalue weighted by molar-refractivity contribution is 4.99. The van der Waals surface area contributed by atoms with Crippen molar-refractivity contribution in [2.45, 2.75) is 13.1 Å². The molecule has 1 atom stereocenters. The standard InChI is InChI=1S/C5H11N3/c1-4-2-7-3-5(6)8-4/h2,5,7-8H,3,6H2,1H3. The van der Waals surface area contributed by atoms with E-state index in [1.165, 1.54) is 0 Å². The van der Waals surface area contributed by atoms with E-state index in [1.807, 2.05) is 13.1 Å². The molecule has 1 unspecified atom stereocenters. The predicted molar refractivity (Wildman–Crippen MR) is 32.9 cm³/mol. The summed E-state index contributed by atoms with van der Waals surface area (Å²) in [5.74, 6) is 0. The average Bonchev–Trinajstić information content (AvgIpc) is 1.64. The highest BCUT2D eigenvalue weighted by Crippen LogP contribution is 1.89. The van der Waals surface area contributed by atoms with Gasteiger partial charge in [-0.15, -0.1) is 0 Å². The van der Waals surface area contributed by atoms with Gasteiger partial charge in [-0.2, -0.15) is 0 Å². The van der Waals surface area contributed by atoms with Crippen LogP contribution >= 0.6 is 0 Å². The second-order valence-corrected chi connectivity index (χ2v) is 1.99. The molecule has 3 heteroatoms. The quantitative estimate of drug-likeness (QED) is 0.390. The normalized spacial score (nSPS) is 27.8. The van der Waals surface area contributed by atoms with E-state index < -0.39 is 0 Å². The van der Waals surface area contributed by atoms with Gasteiger partial charge in [-0.25, -0.2) is 0 Å². The fourth-order valence-corrected chi connectivity index (χ4v) is 0.724. The first-order chi connectivity index (χ1) is 3.79. The van der Waals surface area contributed by atoms with Crippen LogP contribution in [0.1, 0.15) is 6.92 Å². The molecule has 1 aliphatic heterocycles. The first kappa shape index (κ1) is 5.44. The van der Waals surface area contributed by atoms with Gasteiger partial charge in [-0.05, 0) is 6.92 Å². The molecule has 0 saturated heterocycles. The summed E-state index contributed by atoms with van der Waals surface area (Å²) in [4.78, 5) is 0. The molecule has 0 radical (unpaired) electrons. The van der Waals surface area contributed by atoms with Crippen LogP contribution in [0.25, 0.3) is 0 Å². The summed E-state index contributed by atoms with van der Waals surface area (Å²) in [7, 11) is 0. The molecule has 0 saturated carbocycles. The second-order valence-electron chi connectivity index (χ2n) is 1.99. The maximum Gasteiger partial charge on any atom is 0.0917 e. The fraction of sp³-hybridized carbons (Fsp3) is 0.600. The van der Waals surface area contributed by atoms with E-state index >= 15 is 0 Å². The third-order valence-corrected chi connectivity index (χ3v) is 1.07. The molecule has 0 aromatic rings. The fourth-order valence-electron chi connectivity index (χ4n) is 0.724.